The lowest BCUT2D eigenvalue weighted by molar-refractivity contribution is -0.113. The Kier molecular flexibility index (Phi) is 4.05. The predicted octanol–water partition coefficient (Wildman–Crippen LogP) is 2.04. The van der Waals surface area contributed by atoms with E-state index in [9.17, 15) is 4.79 Å². The largest absolute Gasteiger partial charge is 0.325 e. The van der Waals surface area contributed by atoms with Crippen LogP contribution in [0.1, 0.15) is 0 Å². The molecule has 13 heavy (non-hydrogen) atoms. The molecule has 0 saturated heterocycles. The molecule has 1 aromatic rings. The molecule has 0 aliphatic rings. The molecule has 0 aliphatic carbocycles. The zero-order chi connectivity index (χ0) is 9.68. The van der Waals surface area contributed by atoms with E-state index in [1.165, 1.54) is 11.8 Å². The molecule has 1 aromatic heterocycles. The molecular formula is C8H9ClN2OS. The first-order chi connectivity index (χ1) is 6.22. The standard InChI is InChI=1S/C8H9ClN2OS/c1-13-5-8(12)11-6-2-3-10-7(9)4-6/h2-4H,5H2,1H3,(H,10,11,12). The van der Waals surface area contributed by atoms with Crippen molar-refractivity contribution in [2.24, 2.45) is 0 Å². The summed E-state index contributed by atoms with van der Waals surface area (Å²) in [6, 6.07) is 3.31. The minimum Gasteiger partial charge on any atom is -0.325 e. The molecule has 0 unspecified atom stereocenters. The molecule has 0 fully saturated rings. The van der Waals surface area contributed by atoms with Crippen LogP contribution in [0.3, 0.4) is 0 Å². The summed E-state index contributed by atoms with van der Waals surface area (Å²) in [4.78, 5) is 14.9. The van der Waals surface area contributed by atoms with Crippen molar-refractivity contribution in [3.8, 4) is 0 Å². The van der Waals surface area contributed by atoms with Crippen LogP contribution in [0.25, 0.3) is 0 Å². The van der Waals surface area contributed by atoms with Crippen molar-refractivity contribution in [3.63, 3.8) is 0 Å². The number of halogens is 1. The zero-order valence-corrected chi connectivity index (χ0v) is 8.65. The van der Waals surface area contributed by atoms with Crippen LogP contribution >= 0.6 is 23.4 Å². The molecule has 0 atom stereocenters. The zero-order valence-electron chi connectivity index (χ0n) is 7.08. The van der Waals surface area contributed by atoms with Crippen LogP contribution in [-0.2, 0) is 4.79 Å². The monoisotopic (exact) mass is 216 g/mol. The number of hydrogen-bond acceptors (Lipinski definition) is 3. The molecule has 70 valence electrons. The highest BCUT2D eigenvalue weighted by Gasteiger charge is 2.00. The summed E-state index contributed by atoms with van der Waals surface area (Å²) in [6.45, 7) is 0. The number of nitrogens with zero attached hydrogens (tertiary/aromatic N) is 1. The Hall–Kier alpha value is -0.740. The van der Waals surface area contributed by atoms with Gasteiger partial charge in [-0.05, 0) is 18.4 Å². The van der Waals surface area contributed by atoms with Gasteiger partial charge in [0, 0.05) is 11.9 Å². The number of carbonyl (C=O) groups excluding carboxylic acids is 1. The highest BCUT2D eigenvalue weighted by atomic mass is 35.5. The van der Waals surface area contributed by atoms with E-state index in [0.29, 0.717) is 16.6 Å². The van der Waals surface area contributed by atoms with Crippen LogP contribution < -0.4 is 5.32 Å². The molecule has 0 aliphatic heterocycles. The van der Waals surface area contributed by atoms with Gasteiger partial charge in [-0.3, -0.25) is 4.79 Å². The Bertz CT molecular complexity index is 306. The smallest absolute Gasteiger partial charge is 0.234 e. The number of carbonyl (C=O) groups is 1. The summed E-state index contributed by atoms with van der Waals surface area (Å²) in [5.41, 5.74) is 0.680. The molecule has 1 heterocycles. The molecule has 1 amide bonds. The second-order valence-electron chi connectivity index (χ2n) is 2.35. The average Bonchev–Trinajstić information content (AvgIpc) is 2.04. The number of pyridine rings is 1. The molecule has 0 spiro atoms. The normalized spacial score (nSPS) is 9.69. The van der Waals surface area contributed by atoms with Crippen molar-refractivity contribution in [2.75, 3.05) is 17.3 Å². The van der Waals surface area contributed by atoms with Gasteiger partial charge >= 0.3 is 0 Å². The van der Waals surface area contributed by atoms with Gasteiger partial charge in [0.25, 0.3) is 0 Å². The fraction of sp³-hybridized carbons (Fsp3) is 0.250. The molecule has 1 N–H and O–H groups in total. The topological polar surface area (TPSA) is 42.0 Å². The lowest BCUT2D eigenvalue weighted by Crippen LogP contribution is -2.13. The summed E-state index contributed by atoms with van der Waals surface area (Å²) in [5.74, 6) is 0.412. The van der Waals surface area contributed by atoms with Gasteiger partial charge in [-0.2, -0.15) is 11.8 Å². The van der Waals surface area contributed by atoms with Crippen molar-refractivity contribution in [3.05, 3.63) is 23.5 Å². The molecule has 0 aromatic carbocycles. The van der Waals surface area contributed by atoms with Gasteiger partial charge in [0.05, 0.1) is 5.75 Å². The van der Waals surface area contributed by atoms with E-state index in [1.54, 1.807) is 18.3 Å². The van der Waals surface area contributed by atoms with Gasteiger partial charge in [0.15, 0.2) is 0 Å². The van der Waals surface area contributed by atoms with Gasteiger partial charge in [0.2, 0.25) is 5.91 Å². The van der Waals surface area contributed by atoms with Crippen LogP contribution in [-0.4, -0.2) is 22.9 Å². The maximum Gasteiger partial charge on any atom is 0.234 e. The molecule has 1 rings (SSSR count). The van der Waals surface area contributed by atoms with Crippen LogP contribution in [0.2, 0.25) is 5.15 Å². The first kappa shape index (κ1) is 10.3. The van der Waals surface area contributed by atoms with Crippen molar-refractivity contribution in [1.29, 1.82) is 0 Å². The summed E-state index contributed by atoms with van der Waals surface area (Å²) in [6.07, 6.45) is 3.43. The molecule has 0 bridgehead atoms. The van der Waals surface area contributed by atoms with Crippen molar-refractivity contribution in [2.45, 2.75) is 0 Å². The van der Waals surface area contributed by atoms with E-state index in [-0.39, 0.29) is 5.91 Å². The molecule has 5 heteroatoms. The van der Waals surface area contributed by atoms with E-state index in [2.05, 4.69) is 10.3 Å². The number of aromatic nitrogens is 1. The third kappa shape index (κ3) is 3.65. The molecule has 0 saturated carbocycles. The van der Waals surface area contributed by atoms with E-state index in [0.717, 1.165) is 0 Å². The van der Waals surface area contributed by atoms with E-state index < -0.39 is 0 Å². The number of rotatable bonds is 3. The number of thioether (sulfide) groups is 1. The molecule has 0 radical (unpaired) electrons. The van der Waals surface area contributed by atoms with Gasteiger partial charge < -0.3 is 5.32 Å². The van der Waals surface area contributed by atoms with Crippen LogP contribution in [0.5, 0.6) is 0 Å². The Balaban J connectivity index is 2.58. The Labute approximate surface area is 85.9 Å². The van der Waals surface area contributed by atoms with E-state index >= 15 is 0 Å². The van der Waals surface area contributed by atoms with Crippen molar-refractivity contribution >= 4 is 35.0 Å². The van der Waals surface area contributed by atoms with Gasteiger partial charge in [-0.25, -0.2) is 4.98 Å². The second kappa shape index (κ2) is 5.09. The minimum absolute atomic E-state index is 0.0326. The highest BCUT2D eigenvalue weighted by molar-refractivity contribution is 7.99. The van der Waals surface area contributed by atoms with Crippen LogP contribution in [0, 0.1) is 0 Å². The number of nitrogens with one attached hydrogen (secondary N) is 1. The maximum absolute atomic E-state index is 11.1. The van der Waals surface area contributed by atoms with Crippen molar-refractivity contribution < 1.29 is 4.79 Å². The van der Waals surface area contributed by atoms with Crippen LogP contribution in [0.15, 0.2) is 18.3 Å². The predicted molar refractivity (Wildman–Crippen MR) is 56.3 cm³/mol. The summed E-state index contributed by atoms with van der Waals surface area (Å²) in [5, 5.41) is 3.08. The third-order valence-corrected chi connectivity index (χ3v) is 2.04. The quantitative estimate of drug-likeness (QED) is 0.787. The first-order valence-corrected chi connectivity index (χ1v) is 5.40. The van der Waals surface area contributed by atoms with Gasteiger partial charge in [-0.15, -0.1) is 0 Å². The van der Waals surface area contributed by atoms with E-state index in [1.807, 2.05) is 6.26 Å². The Morgan fingerprint density at radius 3 is 3.15 bits per heavy atom. The minimum atomic E-state index is -0.0326. The fourth-order valence-electron chi connectivity index (χ4n) is 0.808. The van der Waals surface area contributed by atoms with Gasteiger partial charge in [0.1, 0.15) is 5.15 Å². The summed E-state index contributed by atoms with van der Waals surface area (Å²) in [7, 11) is 0. The third-order valence-electron chi connectivity index (χ3n) is 1.29. The number of anilines is 1. The Morgan fingerprint density at radius 2 is 2.54 bits per heavy atom. The summed E-state index contributed by atoms with van der Waals surface area (Å²) < 4.78 is 0. The summed E-state index contributed by atoms with van der Waals surface area (Å²) >= 11 is 7.11. The SMILES string of the molecule is CSCC(=O)Nc1ccnc(Cl)c1. The lowest BCUT2D eigenvalue weighted by atomic mass is 10.4. The van der Waals surface area contributed by atoms with Gasteiger partial charge in [-0.1, -0.05) is 11.6 Å². The highest BCUT2D eigenvalue weighted by Crippen LogP contribution is 2.11. The first-order valence-electron chi connectivity index (χ1n) is 3.62. The van der Waals surface area contributed by atoms with Crippen LogP contribution in [0.4, 0.5) is 5.69 Å². The second-order valence-corrected chi connectivity index (χ2v) is 3.60. The Morgan fingerprint density at radius 1 is 1.77 bits per heavy atom. The van der Waals surface area contributed by atoms with E-state index in [4.69, 9.17) is 11.6 Å². The lowest BCUT2D eigenvalue weighted by Gasteiger charge is -2.02. The van der Waals surface area contributed by atoms with Crippen molar-refractivity contribution in [1.82, 2.24) is 4.98 Å². The fourth-order valence-corrected chi connectivity index (χ4v) is 1.32. The maximum atomic E-state index is 11.1. The molecular weight excluding hydrogens is 208 g/mol. The number of amides is 1. The molecule has 3 nitrogen and oxygen atoms in total. The number of hydrogen-bond donors (Lipinski definition) is 1. The average molecular weight is 217 g/mol.